The first-order valence-corrected chi connectivity index (χ1v) is 9.71. The van der Waals surface area contributed by atoms with E-state index in [0.717, 1.165) is 52.1 Å². The van der Waals surface area contributed by atoms with Gasteiger partial charge in [-0.1, -0.05) is 30.8 Å². The van der Waals surface area contributed by atoms with Crippen LogP contribution in [0, 0.1) is 0 Å². The van der Waals surface area contributed by atoms with Crippen LogP contribution in [-0.2, 0) is 20.1 Å². The van der Waals surface area contributed by atoms with E-state index in [9.17, 15) is 0 Å². The molecule has 0 unspecified atom stereocenters. The minimum Gasteiger partial charge on any atom is -0.340 e. The largest absolute Gasteiger partial charge is 0.340 e. The van der Waals surface area contributed by atoms with Crippen molar-refractivity contribution in [1.82, 2.24) is 19.7 Å². The molecular weight excluding hydrogens is 358 g/mol. The highest BCUT2D eigenvalue weighted by atomic mass is 15.2. The Hall–Kier alpha value is -3.44. The smallest absolute Gasteiger partial charge is 0.130 e. The average molecular weight is 381 g/mol. The number of aromatic nitrogens is 3. The van der Waals surface area contributed by atoms with Crippen LogP contribution in [0.1, 0.15) is 16.7 Å². The molecule has 0 fully saturated rings. The third kappa shape index (κ3) is 3.41. The van der Waals surface area contributed by atoms with Gasteiger partial charge in [-0.2, -0.15) is 5.10 Å². The van der Waals surface area contributed by atoms with E-state index in [1.807, 2.05) is 30.3 Å². The summed E-state index contributed by atoms with van der Waals surface area (Å²) in [6, 6.07) is 15.0. The van der Waals surface area contributed by atoms with Crippen molar-refractivity contribution >= 4 is 22.3 Å². The number of hydrogen-bond acceptors (Lipinski definition) is 4. The summed E-state index contributed by atoms with van der Waals surface area (Å²) < 4.78 is 1.82. The summed E-state index contributed by atoms with van der Waals surface area (Å²) in [7, 11) is 4.07. The molecule has 0 saturated heterocycles. The second-order valence-electron chi connectivity index (χ2n) is 7.79. The SMILES string of the molecule is C=C(Nc1cc2cc(-c3cnn(C)c3)ccc2cn1)c1ccc2c(c1)CN(C)C2. The van der Waals surface area contributed by atoms with Crippen molar-refractivity contribution in [2.24, 2.45) is 7.05 Å². The summed E-state index contributed by atoms with van der Waals surface area (Å²) in [5, 5.41) is 9.89. The summed E-state index contributed by atoms with van der Waals surface area (Å²) in [5.74, 6) is 0.795. The standard InChI is InChI=1S/C24H23N5/c1-16(17-4-7-20-13-28(2)14-22(20)8-17)27-24-10-21-9-18(5-6-19(21)11-25-24)23-12-26-29(3)15-23/h4-12,15H,1,13-14H2,2-3H3,(H,25,27). The van der Waals surface area contributed by atoms with Crippen LogP contribution in [0.5, 0.6) is 0 Å². The molecule has 3 heterocycles. The lowest BCUT2D eigenvalue weighted by Crippen LogP contribution is -2.07. The Bertz CT molecular complexity index is 1240. The monoisotopic (exact) mass is 381 g/mol. The van der Waals surface area contributed by atoms with Gasteiger partial charge < -0.3 is 5.32 Å². The second-order valence-corrected chi connectivity index (χ2v) is 7.79. The van der Waals surface area contributed by atoms with Gasteiger partial charge in [0.2, 0.25) is 0 Å². The molecule has 5 nitrogen and oxygen atoms in total. The molecule has 5 heteroatoms. The van der Waals surface area contributed by atoms with E-state index >= 15 is 0 Å². The molecule has 2 aromatic heterocycles. The fourth-order valence-electron chi connectivity index (χ4n) is 3.94. The molecule has 1 N–H and O–H groups in total. The van der Waals surface area contributed by atoms with Crippen molar-refractivity contribution < 1.29 is 0 Å². The first-order chi connectivity index (χ1) is 14.0. The maximum atomic E-state index is 4.57. The Morgan fingerprint density at radius 3 is 2.62 bits per heavy atom. The van der Waals surface area contributed by atoms with Crippen LogP contribution in [0.15, 0.2) is 67.6 Å². The molecule has 1 aliphatic heterocycles. The fourth-order valence-corrected chi connectivity index (χ4v) is 3.94. The van der Waals surface area contributed by atoms with Gasteiger partial charge in [-0.05, 0) is 52.9 Å². The number of benzene rings is 2. The maximum Gasteiger partial charge on any atom is 0.130 e. The molecule has 144 valence electrons. The Morgan fingerprint density at radius 2 is 1.79 bits per heavy atom. The maximum absolute atomic E-state index is 4.57. The molecule has 1 aliphatic rings. The van der Waals surface area contributed by atoms with Gasteiger partial charge in [0.1, 0.15) is 5.82 Å². The van der Waals surface area contributed by atoms with Crippen LogP contribution in [0.4, 0.5) is 5.82 Å². The van der Waals surface area contributed by atoms with Crippen molar-refractivity contribution in [1.29, 1.82) is 0 Å². The molecule has 2 aromatic carbocycles. The third-order valence-electron chi connectivity index (χ3n) is 5.47. The van der Waals surface area contributed by atoms with Crippen LogP contribution in [0.2, 0.25) is 0 Å². The number of hydrogen-bond donors (Lipinski definition) is 1. The molecule has 0 saturated carbocycles. The van der Waals surface area contributed by atoms with E-state index in [-0.39, 0.29) is 0 Å². The van der Waals surface area contributed by atoms with E-state index < -0.39 is 0 Å². The van der Waals surface area contributed by atoms with Crippen LogP contribution < -0.4 is 5.32 Å². The second kappa shape index (κ2) is 6.87. The molecule has 0 radical (unpaired) electrons. The Balaban J connectivity index is 1.41. The summed E-state index contributed by atoms with van der Waals surface area (Å²) in [5.41, 5.74) is 6.98. The lowest BCUT2D eigenvalue weighted by Gasteiger charge is -2.11. The molecule has 29 heavy (non-hydrogen) atoms. The van der Waals surface area contributed by atoms with Crippen molar-refractivity contribution in [2.75, 3.05) is 12.4 Å². The Morgan fingerprint density at radius 1 is 0.931 bits per heavy atom. The van der Waals surface area contributed by atoms with Crippen molar-refractivity contribution in [3.8, 4) is 11.1 Å². The number of rotatable bonds is 4. The van der Waals surface area contributed by atoms with Crippen LogP contribution in [-0.4, -0.2) is 26.7 Å². The Kier molecular flexibility index (Phi) is 4.18. The van der Waals surface area contributed by atoms with E-state index in [1.54, 1.807) is 0 Å². The van der Waals surface area contributed by atoms with Gasteiger partial charge in [-0.3, -0.25) is 9.58 Å². The summed E-state index contributed by atoms with van der Waals surface area (Å²) in [6.07, 6.45) is 5.80. The molecule has 0 spiro atoms. The third-order valence-corrected chi connectivity index (χ3v) is 5.47. The van der Waals surface area contributed by atoms with Crippen LogP contribution >= 0.6 is 0 Å². The Labute approximate surface area is 170 Å². The highest BCUT2D eigenvalue weighted by Crippen LogP contribution is 2.28. The fraction of sp³-hybridized carbons (Fsp3) is 0.167. The van der Waals surface area contributed by atoms with E-state index in [1.165, 1.54) is 11.1 Å². The summed E-state index contributed by atoms with van der Waals surface area (Å²) >= 11 is 0. The molecule has 0 aliphatic carbocycles. The van der Waals surface area contributed by atoms with Gasteiger partial charge in [-0.25, -0.2) is 4.98 Å². The van der Waals surface area contributed by atoms with E-state index in [2.05, 4.69) is 76.4 Å². The minimum atomic E-state index is 0.795. The van der Waals surface area contributed by atoms with Gasteiger partial charge in [0.25, 0.3) is 0 Å². The number of nitrogens with zero attached hydrogens (tertiary/aromatic N) is 4. The number of nitrogens with one attached hydrogen (secondary N) is 1. The minimum absolute atomic E-state index is 0.795. The number of anilines is 1. The normalized spacial score (nSPS) is 13.6. The van der Waals surface area contributed by atoms with Gasteiger partial charge in [0.05, 0.1) is 6.20 Å². The first-order valence-electron chi connectivity index (χ1n) is 9.71. The van der Waals surface area contributed by atoms with Crippen LogP contribution in [0.3, 0.4) is 0 Å². The molecule has 0 amide bonds. The van der Waals surface area contributed by atoms with Crippen molar-refractivity contribution in [3.63, 3.8) is 0 Å². The zero-order chi connectivity index (χ0) is 20.0. The lowest BCUT2D eigenvalue weighted by atomic mass is 10.0. The number of pyridine rings is 1. The first kappa shape index (κ1) is 17.6. The molecule has 5 rings (SSSR count). The van der Waals surface area contributed by atoms with E-state index in [0.29, 0.717) is 0 Å². The predicted molar refractivity (Wildman–Crippen MR) is 118 cm³/mol. The van der Waals surface area contributed by atoms with Gasteiger partial charge >= 0.3 is 0 Å². The van der Waals surface area contributed by atoms with Gasteiger partial charge in [-0.15, -0.1) is 0 Å². The topological polar surface area (TPSA) is 46.0 Å². The molecule has 4 aromatic rings. The highest BCUT2D eigenvalue weighted by Gasteiger charge is 2.16. The van der Waals surface area contributed by atoms with Gasteiger partial charge in [0, 0.05) is 49.2 Å². The number of fused-ring (bicyclic) bond motifs is 2. The average Bonchev–Trinajstić information content (AvgIpc) is 3.31. The quantitative estimate of drug-likeness (QED) is 0.558. The zero-order valence-corrected chi connectivity index (χ0v) is 16.7. The summed E-state index contributed by atoms with van der Waals surface area (Å²) in [6.45, 7) is 6.24. The van der Waals surface area contributed by atoms with Crippen LogP contribution in [0.25, 0.3) is 27.6 Å². The molecule has 0 atom stereocenters. The number of aryl methyl sites for hydroxylation is 1. The predicted octanol–water partition coefficient (Wildman–Crippen LogP) is 4.66. The summed E-state index contributed by atoms with van der Waals surface area (Å²) in [4.78, 5) is 6.88. The lowest BCUT2D eigenvalue weighted by molar-refractivity contribution is 0.353. The molecular formula is C24H23N5. The highest BCUT2D eigenvalue weighted by molar-refractivity contribution is 5.89. The van der Waals surface area contributed by atoms with Crippen molar-refractivity contribution in [2.45, 2.75) is 13.1 Å². The van der Waals surface area contributed by atoms with Crippen molar-refractivity contribution in [3.05, 3.63) is 84.3 Å². The molecule has 0 bridgehead atoms. The van der Waals surface area contributed by atoms with E-state index in [4.69, 9.17) is 0 Å². The van der Waals surface area contributed by atoms with Gasteiger partial charge in [0.15, 0.2) is 0 Å². The zero-order valence-electron chi connectivity index (χ0n) is 16.7.